The van der Waals surface area contributed by atoms with Crippen LogP contribution in [0.25, 0.3) is 0 Å². The molecular formula is C15H22ClNO. The van der Waals surface area contributed by atoms with Crippen LogP contribution in [0.1, 0.15) is 44.3 Å². The molecule has 0 spiro atoms. The molecule has 0 aromatic heterocycles. The van der Waals surface area contributed by atoms with E-state index < -0.39 is 6.10 Å². The summed E-state index contributed by atoms with van der Waals surface area (Å²) in [5, 5.41) is 10.2. The Morgan fingerprint density at radius 3 is 2.61 bits per heavy atom. The lowest BCUT2D eigenvalue weighted by molar-refractivity contribution is 0.199. The van der Waals surface area contributed by atoms with Gasteiger partial charge in [-0.2, -0.15) is 0 Å². The summed E-state index contributed by atoms with van der Waals surface area (Å²) in [5.41, 5.74) is 1.94. The van der Waals surface area contributed by atoms with E-state index in [1.165, 1.54) is 25.7 Å². The maximum absolute atomic E-state index is 9.57. The van der Waals surface area contributed by atoms with Gasteiger partial charge in [-0.3, -0.25) is 0 Å². The molecule has 100 valence electrons. The third-order valence-electron chi connectivity index (χ3n) is 3.88. The van der Waals surface area contributed by atoms with Crippen LogP contribution >= 0.6 is 11.6 Å². The molecule has 1 atom stereocenters. The Balaban J connectivity index is 2.05. The number of anilines is 1. The fraction of sp³-hybridized carbons (Fsp3) is 0.600. The average molecular weight is 268 g/mol. The predicted molar refractivity (Wildman–Crippen MR) is 77.3 cm³/mol. The molecule has 0 heterocycles. The molecule has 0 amide bonds. The van der Waals surface area contributed by atoms with Gasteiger partial charge in [0.2, 0.25) is 0 Å². The number of nitrogens with zero attached hydrogens (tertiary/aromatic N) is 1. The van der Waals surface area contributed by atoms with Crippen molar-refractivity contribution < 1.29 is 5.11 Å². The lowest BCUT2D eigenvalue weighted by atomic mass is 10.1. The molecule has 2 rings (SSSR count). The molecule has 1 unspecified atom stereocenters. The first-order valence-corrected chi connectivity index (χ1v) is 7.14. The van der Waals surface area contributed by atoms with E-state index in [0.29, 0.717) is 5.02 Å². The highest BCUT2D eigenvalue weighted by atomic mass is 35.5. The van der Waals surface area contributed by atoms with Gasteiger partial charge in [0.25, 0.3) is 0 Å². The van der Waals surface area contributed by atoms with Crippen molar-refractivity contribution in [1.82, 2.24) is 0 Å². The van der Waals surface area contributed by atoms with E-state index in [1.807, 2.05) is 18.2 Å². The normalized spacial score (nSPS) is 18.0. The van der Waals surface area contributed by atoms with Crippen molar-refractivity contribution in [3.8, 4) is 0 Å². The molecule has 1 aliphatic rings. The van der Waals surface area contributed by atoms with Crippen molar-refractivity contribution in [2.45, 2.75) is 38.7 Å². The fourth-order valence-corrected chi connectivity index (χ4v) is 3.11. The van der Waals surface area contributed by atoms with Crippen LogP contribution in [0.4, 0.5) is 5.69 Å². The second kappa shape index (κ2) is 5.94. The summed E-state index contributed by atoms with van der Waals surface area (Å²) >= 11 is 6.20. The van der Waals surface area contributed by atoms with Gasteiger partial charge in [0, 0.05) is 24.3 Å². The van der Waals surface area contributed by atoms with Crippen LogP contribution in [-0.2, 0) is 0 Å². The van der Waals surface area contributed by atoms with Gasteiger partial charge in [-0.15, -0.1) is 0 Å². The van der Waals surface area contributed by atoms with Crippen LogP contribution in [0.5, 0.6) is 0 Å². The molecule has 2 nitrogen and oxygen atoms in total. The van der Waals surface area contributed by atoms with E-state index in [4.69, 9.17) is 11.6 Å². The zero-order valence-corrected chi connectivity index (χ0v) is 12.0. The van der Waals surface area contributed by atoms with Crippen molar-refractivity contribution in [2.75, 3.05) is 18.5 Å². The van der Waals surface area contributed by atoms with E-state index in [-0.39, 0.29) is 0 Å². The summed E-state index contributed by atoms with van der Waals surface area (Å²) in [5.74, 6) is 0.824. The van der Waals surface area contributed by atoms with Gasteiger partial charge in [-0.05, 0) is 43.4 Å². The zero-order chi connectivity index (χ0) is 13.1. The molecule has 1 aromatic carbocycles. The zero-order valence-electron chi connectivity index (χ0n) is 11.2. The Hall–Kier alpha value is -0.730. The average Bonchev–Trinajstić information content (AvgIpc) is 2.81. The van der Waals surface area contributed by atoms with Crippen molar-refractivity contribution in [2.24, 2.45) is 5.92 Å². The molecule has 1 fully saturated rings. The smallest absolute Gasteiger partial charge is 0.0776 e. The van der Waals surface area contributed by atoms with Crippen LogP contribution in [0.3, 0.4) is 0 Å². The highest BCUT2D eigenvalue weighted by molar-refractivity contribution is 6.31. The second-order valence-electron chi connectivity index (χ2n) is 5.41. The minimum Gasteiger partial charge on any atom is -0.389 e. The summed E-state index contributed by atoms with van der Waals surface area (Å²) in [6.45, 7) is 2.84. The highest BCUT2D eigenvalue weighted by Gasteiger charge is 2.17. The van der Waals surface area contributed by atoms with Crippen LogP contribution < -0.4 is 4.90 Å². The molecule has 1 N–H and O–H groups in total. The molecular weight excluding hydrogens is 246 g/mol. The molecule has 0 radical (unpaired) electrons. The van der Waals surface area contributed by atoms with Crippen LogP contribution in [0, 0.1) is 5.92 Å². The Morgan fingerprint density at radius 1 is 1.39 bits per heavy atom. The van der Waals surface area contributed by atoms with Gasteiger partial charge in [-0.1, -0.05) is 30.5 Å². The number of halogens is 1. The van der Waals surface area contributed by atoms with Gasteiger partial charge in [0.1, 0.15) is 0 Å². The van der Waals surface area contributed by atoms with Crippen molar-refractivity contribution in [3.05, 3.63) is 28.8 Å². The first-order valence-electron chi connectivity index (χ1n) is 6.76. The van der Waals surface area contributed by atoms with Crippen molar-refractivity contribution in [3.63, 3.8) is 0 Å². The van der Waals surface area contributed by atoms with Crippen LogP contribution in [0.15, 0.2) is 18.2 Å². The fourth-order valence-electron chi connectivity index (χ4n) is 2.78. The van der Waals surface area contributed by atoms with E-state index >= 15 is 0 Å². The highest BCUT2D eigenvalue weighted by Crippen LogP contribution is 2.30. The monoisotopic (exact) mass is 267 g/mol. The molecule has 0 aliphatic heterocycles. The summed E-state index contributed by atoms with van der Waals surface area (Å²) in [7, 11) is 2.12. The Labute approximate surface area is 115 Å². The Bertz CT molecular complexity index is 399. The molecule has 3 heteroatoms. The summed E-state index contributed by atoms with van der Waals surface area (Å²) in [4.78, 5) is 2.27. The van der Waals surface area contributed by atoms with Crippen molar-refractivity contribution in [1.29, 1.82) is 0 Å². The Morgan fingerprint density at radius 2 is 2.06 bits per heavy atom. The predicted octanol–water partition coefficient (Wildman–Crippen LogP) is 4.02. The molecule has 0 bridgehead atoms. The minimum absolute atomic E-state index is 0.508. The first-order chi connectivity index (χ1) is 8.58. The SMILES string of the molecule is CC(O)c1ccc(N(C)CC2CCCC2)cc1Cl. The molecule has 1 aliphatic carbocycles. The van der Waals surface area contributed by atoms with E-state index in [0.717, 1.165) is 23.7 Å². The van der Waals surface area contributed by atoms with E-state index in [2.05, 4.69) is 11.9 Å². The van der Waals surface area contributed by atoms with Gasteiger partial charge in [0.15, 0.2) is 0 Å². The number of rotatable bonds is 4. The quantitative estimate of drug-likeness (QED) is 0.891. The Kier molecular flexibility index (Phi) is 4.52. The molecule has 1 saturated carbocycles. The van der Waals surface area contributed by atoms with Gasteiger partial charge < -0.3 is 10.0 Å². The number of hydrogen-bond acceptors (Lipinski definition) is 2. The van der Waals surface area contributed by atoms with Crippen molar-refractivity contribution >= 4 is 17.3 Å². The van der Waals surface area contributed by atoms with Crippen LogP contribution in [0.2, 0.25) is 5.02 Å². The minimum atomic E-state index is -0.508. The first kappa shape index (κ1) is 13.7. The maximum Gasteiger partial charge on any atom is 0.0776 e. The topological polar surface area (TPSA) is 23.5 Å². The number of aliphatic hydroxyl groups excluding tert-OH is 1. The number of hydrogen-bond donors (Lipinski definition) is 1. The lowest BCUT2D eigenvalue weighted by Gasteiger charge is -2.24. The van der Waals surface area contributed by atoms with Crippen LogP contribution in [-0.4, -0.2) is 18.7 Å². The summed E-state index contributed by atoms with van der Waals surface area (Å²) in [6, 6.07) is 5.93. The third kappa shape index (κ3) is 3.18. The summed E-state index contributed by atoms with van der Waals surface area (Å²) < 4.78 is 0. The van der Waals surface area contributed by atoms with E-state index in [1.54, 1.807) is 6.92 Å². The van der Waals surface area contributed by atoms with Gasteiger partial charge in [-0.25, -0.2) is 0 Å². The third-order valence-corrected chi connectivity index (χ3v) is 4.21. The molecule has 0 saturated heterocycles. The molecule has 18 heavy (non-hydrogen) atoms. The van der Waals surface area contributed by atoms with Gasteiger partial charge in [0.05, 0.1) is 6.10 Å². The van der Waals surface area contributed by atoms with Gasteiger partial charge >= 0.3 is 0 Å². The number of benzene rings is 1. The number of aliphatic hydroxyl groups is 1. The largest absolute Gasteiger partial charge is 0.389 e. The maximum atomic E-state index is 9.57. The van der Waals surface area contributed by atoms with E-state index in [9.17, 15) is 5.11 Å². The second-order valence-corrected chi connectivity index (χ2v) is 5.82. The molecule has 1 aromatic rings. The lowest BCUT2D eigenvalue weighted by Crippen LogP contribution is -2.23. The summed E-state index contributed by atoms with van der Waals surface area (Å²) in [6.07, 6.45) is 4.94. The standard InChI is InChI=1S/C15H22ClNO/c1-11(18)14-8-7-13(9-15(14)16)17(2)10-12-5-3-4-6-12/h7-9,11-12,18H,3-6,10H2,1-2H3.